The van der Waals surface area contributed by atoms with Crippen LogP contribution in [0.3, 0.4) is 0 Å². The molecule has 1 aromatic carbocycles. The maximum absolute atomic E-state index is 12.6. The zero-order valence-corrected chi connectivity index (χ0v) is 11.6. The largest absolute Gasteiger partial charge is 0.314 e. The molecule has 2 fully saturated rings. The highest BCUT2D eigenvalue weighted by Gasteiger charge is 2.57. The minimum Gasteiger partial charge on any atom is -0.314 e. The predicted octanol–water partition coefficient (Wildman–Crippen LogP) is 3.24. The quantitative estimate of drug-likeness (QED) is 0.836. The standard InChI is InChI=1S/C17H18N2O/c1-19(17(20)16-13-6-4-7-14(13)16)12-9-11-5-2-3-8-15(11)18-10-12/h2-3,5,8-10,13-14,16H,4,6-7H2,1H3. The molecule has 102 valence electrons. The number of aromatic nitrogens is 1. The summed E-state index contributed by atoms with van der Waals surface area (Å²) >= 11 is 0. The summed E-state index contributed by atoms with van der Waals surface area (Å²) in [7, 11) is 1.88. The summed E-state index contributed by atoms with van der Waals surface area (Å²) < 4.78 is 0. The van der Waals surface area contributed by atoms with Gasteiger partial charge in [0.05, 0.1) is 17.4 Å². The van der Waals surface area contributed by atoms with E-state index in [0.29, 0.717) is 11.8 Å². The van der Waals surface area contributed by atoms with Crippen LogP contribution in [0.1, 0.15) is 19.3 Å². The average molecular weight is 266 g/mol. The highest BCUT2D eigenvalue weighted by molar-refractivity contribution is 5.98. The summed E-state index contributed by atoms with van der Waals surface area (Å²) in [5.74, 6) is 1.88. The minimum absolute atomic E-state index is 0.275. The van der Waals surface area contributed by atoms with Crippen LogP contribution < -0.4 is 4.90 Å². The van der Waals surface area contributed by atoms with Crippen molar-refractivity contribution in [2.45, 2.75) is 19.3 Å². The first-order valence-electron chi connectivity index (χ1n) is 7.38. The number of para-hydroxylation sites is 1. The van der Waals surface area contributed by atoms with Gasteiger partial charge in [-0.3, -0.25) is 9.78 Å². The number of pyridine rings is 1. The second kappa shape index (κ2) is 4.30. The van der Waals surface area contributed by atoms with Gasteiger partial charge in [-0.2, -0.15) is 0 Å². The van der Waals surface area contributed by atoms with Gasteiger partial charge >= 0.3 is 0 Å². The lowest BCUT2D eigenvalue weighted by Gasteiger charge is -2.18. The summed E-state index contributed by atoms with van der Waals surface area (Å²) in [5, 5.41) is 1.08. The van der Waals surface area contributed by atoms with E-state index in [0.717, 1.165) is 16.6 Å². The Balaban J connectivity index is 1.60. The van der Waals surface area contributed by atoms with Crippen molar-refractivity contribution in [1.82, 2.24) is 4.98 Å². The molecule has 0 radical (unpaired) electrons. The van der Waals surface area contributed by atoms with E-state index in [4.69, 9.17) is 0 Å². The Labute approximate surface area is 118 Å². The highest BCUT2D eigenvalue weighted by atomic mass is 16.2. The molecule has 0 N–H and O–H groups in total. The Morgan fingerprint density at radius 2 is 2.00 bits per heavy atom. The molecule has 0 bridgehead atoms. The molecule has 1 amide bonds. The van der Waals surface area contributed by atoms with Gasteiger partial charge < -0.3 is 4.90 Å². The van der Waals surface area contributed by atoms with E-state index < -0.39 is 0 Å². The zero-order valence-electron chi connectivity index (χ0n) is 11.6. The van der Waals surface area contributed by atoms with Gasteiger partial charge in [0.1, 0.15) is 0 Å². The average Bonchev–Trinajstić information content (AvgIpc) is 2.97. The molecule has 2 aliphatic carbocycles. The van der Waals surface area contributed by atoms with Crippen LogP contribution >= 0.6 is 0 Å². The second-order valence-corrected chi connectivity index (χ2v) is 6.07. The number of benzene rings is 1. The Bertz CT molecular complexity index is 671. The van der Waals surface area contributed by atoms with Crippen LogP contribution in [0.25, 0.3) is 10.9 Å². The molecule has 0 aliphatic heterocycles. The van der Waals surface area contributed by atoms with Gasteiger partial charge in [-0.15, -0.1) is 0 Å². The molecule has 1 heterocycles. The lowest BCUT2D eigenvalue weighted by Crippen LogP contribution is -2.29. The van der Waals surface area contributed by atoms with E-state index in [-0.39, 0.29) is 11.8 Å². The van der Waals surface area contributed by atoms with Crippen LogP contribution in [0, 0.1) is 17.8 Å². The maximum atomic E-state index is 12.6. The molecule has 2 unspecified atom stereocenters. The lowest BCUT2D eigenvalue weighted by atomic mass is 10.1. The third-order valence-corrected chi connectivity index (χ3v) is 4.99. The van der Waals surface area contributed by atoms with E-state index in [1.54, 1.807) is 11.1 Å². The van der Waals surface area contributed by atoms with Gasteiger partial charge in [-0.05, 0) is 36.8 Å². The molecule has 2 aliphatic rings. The number of rotatable bonds is 2. The van der Waals surface area contributed by atoms with Gasteiger partial charge in [0, 0.05) is 18.4 Å². The van der Waals surface area contributed by atoms with Crippen molar-refractivity contribution in [3.63, 3.8) is 0 Å². The minimum atomic E-state index is 0.275. The van der Waals surface area contributed by atoms with Crippen LogP contribution in [0.2, 0.25) is 0 Å². The molecule has 20 heavy (non-hydrogen) atoms. The number of carbonyl (C=O) groups is 1. The second-order valence-electron chi connectivity index (χ2n) is 6.07. The fraction of sp³-hybridized carbons (Fsp3) is 0.412. The van der Waals surface area contributed by atoms with Crippen LogP contribution in [-0.4, -0.2) is 17.9 Å². The topological polar surface area (TPSA) is 33.2 Å². The number of carbonyl (C=O) groups excluding carboxylic acids is 1. The SMILES string of the molecule is CN(C(=O)C1C2CCCC21)c1cnc2ccccc2c1. The van der Waals surface area contributed by atoms with Crippen LogP contribution in [0.15, 0.2) is 36.5 Å². The maximum Gasteiger partial charge on any atom is 0.230 e. The van der Waals surface area contributed by atoms with Crippen molar-refractivity contribution in [1.29, 1.82) is 0 Å². The van der Waals surface area contributed by atoms with Crippen molar-refractivity contribution >= 4 is 22.5 Å². The van der Waals surface area contributed by atoms with Crippen molar-refractivity contribution < 1.29 is 4.79 Å². The lowest BCUT2D eigenvalue weighted by molar-refractivity contribution is -0.120. The molecule has 0 saturated heterocycles. The van der Waals surface area contributed by atoms with Gasteiger partial charge in [0.2, 0.25) is 5.91 Å². The van der Waals surface area contributed by atoms with E-state index in [1.165, 1.54) is 19.3 Å². The fourth-order valence-electron chi connectivity index (χ4n) is 3.78. The van der Waals surface area contributed by atoms with Gasteiger partial charge in [0.25, 0.3) is 0 Å². The molecular weight excluding hydrogens is 248 g/mol. The molecular formula is C17H18N2O. The van der Waals surface area contributed by atoms with Crippen LogP contribution in [0.5, 0.6) is 0 Å². The Morgan fingerprint density at radius 3 is 2.80 bits per heavy atom. The van der Waals surface area contributed by atoms with Crippen molar-refractivity contribution in [2.75, 3.05) is 11.9 Å². The molecule has 2 atom stereocenters. The monoisotopic (exact) mass is 266 g/mol. The van der Waals surface area contributed by atoms with Crippen molar-refractivity contribution in [3.05, 3.63) is 36.5 Å². The molecule has 4 rings (SSSR count). The summed E-state index contributed by atoms with van der Waals surface area (Å²) in [6.07, 6.45) is 5.59. The molecule has 2 aromatic rings. The smallest absolute Gasteiger partial charge is 0.230 e. The van der Waals surface area contributed by atoms with Crippen LogP contribution in [-0.2, 0) is 4.79 Å². The summed E-state index contributed by atoms with van der Waals surface area (Å²) in [4.78, 5) is 18.8. The van der Waals surface area contributed by atoms with E-state index in [1.807, 2.05) is 31.3 Å². The summed E-state index contributed by atoms with van der Waals surface area (Å²) in [6, 6.07) is 10.1. The van der Waals surface area contributed by atoms with Crippen molar-refractivity contribution in [3.8, 4) is 0 Å². The third kappa shape index (κ3) is 1.73. The number of anilines is 1. The Morgan fingerprint density at radius 1 is 1.25 bits per heavy atom. The summed E-state index contributed by atoms with van der Waals surface area (Å²) in [5.41, 5.74) is 1.87. The molecule has 0 spiro atoms. The normalized spacial score (nSPS) is 27.4. The number of nitrogens with zero attached hydrogens (tertiary/aromatic N) is 2. The molecule has 3 nitrogen and oxygen atoms in total. The fourth-order valence-corrected chi connectivity index (χ4v) is 3.78. The highest BCUT2D eigenvalue weighted by Crippen LogP contribution is 2.58. The first-order valence-corrected chi connectivity index (χ1v) is 7.38. The van der Waals surface area contributed by atoms with Gasteiger partial charge in [0.15, 0.2) is 0 Å². The zero-order chi connectivity index (χ0) is 13.7. The van der Waals surface area contributed by atoms with E-state index in [2.05, 4.69) is 11.1 Å². The number of amides is 1. The predicted molar refractivity (Wildman–Crippen MR) is 79.5 cm³/mol. The number of fused-ring (bicyclic) bond motifs is 2. The van der Waals surface area contributed by atoms with Crippen LogP contribution in [0.4, 0.5) is 5.69 Å². The van der Waals surface area contributed by atoms with E-state index >= 15 is 0 Å². The molecule has 2 saturated carbocycles. The van der Waals surface area contributed by atoms with Gasteiger partial charge in [-0.25, -0.2) is 0 Å². The first-order chi connectivity index (χ1) is 9.75. The number of hydrogen-bond donors (Lipinski definition) is 0. The number of hydrogen-bond acceptors (Lipinski definition) is 2. The van der Waals surface area contributed by atoms with Crippen molar-refractivity contribution in [2.24, 2.45) is 17.8 Å². The first kappa shape index (κ1) is 11.9. The molecule has 3 heteroatoms. The summed E-state index contributed by atoms with van der Waals surface area (Å²) in [6.45, 7) is 0. The Hall–Kier alpha value is -1.90. The van der Waals surface area contributed by atoms with Gasteiger partial charge in [-0.1, -0.05) is 24.6 Å². The third-order valence-electron chi connectivity index (χ3n) is 4.99. The Kier molecular flexibility index (Phi) is 2.56. The molecule has 1 aromatic heterocycles. The van der Waals surface area contributed by atoms with E-state index in [9.17, 15) is 4.79 Å².